The van der Waals surface area contributed by atoms with Gasteiger partial charge in [0.1, 0.15) is 5.75 Å². The zero-order valence-corrected chi connectivity index (χ0v) is 13.5. The molecule has 20 heavy (non-hydrogen) atoms. The molecule has 0 spiro atoms. The highest BCUT2D eigenvalue weighted by Gasteiger charge is 2.38. The Balaban J connectivity index is 3.32. The molecule has 1 aromatic carbocycles. The molecule has 0 aliphatic heterocycles. The Morgan fingerprint density at radius 3 is 2.40 bits per heavy atom. The number of methoxy groups -OCH3 is 1. The molecule has 0 fully saturated rings. The van der Waals surface area contributed by atoms with Crippen LogP contribution >= 0.6 is 11.6 Å². The Morgan fingerprint density at radius 1 is 1.30 bits per heavy atom. The number of hydrogen-bond acceptors (Lipinski definition) is 4. The van der Waals surface area contributed by atoms with Crippen molar-refractivity contribution in [3.63, 3.8) is 0 Å². The Hall–Kier alpha value is -0.810. The van der Waals surface area contributed by atoms with Crippen LogP contribution in [0.25, 0.3) is 0 Å². The van der Waals surface area contributed by atoms with E-state index in [1.165, 1.54) is 0 Å². The van der Waals surface area contributed by atoms with Gasteiger partial charge in [0.25, 0.3) is 0 Å². The molecule has 1 rings (SSSR count). The summed E-state index contributed by atoms with van der Waals surface area (Å²) in [5.74, 6) is 6.57. The fourth-order valence-corrected chi connectivity index (χ4v) is 2.87. The van der Waals surface area contributed by atoms with Crippen LogP contribution in [-0.4, -0.2) is 19.3 Å². The van der Waals surface area contributed by atoms with Gasteiger partial charge in [-0.25, -0.2) is 5.43 Å². The summed E-state index contributed by atoms with van der Waals surface area (Å²) in [5.41, 5.74) is 3.41. The van der Waals surface area contributed by atoms with E-state index in [1.54, 1.807) is 13.2 Å². The lowest BCUT2D eigenvalue weighted by atomic mass is 9.83. The summed E-state index contributed by atoms with van der Waals surface area (Å²) >= 11 is 6.12. The van der Waals surface area contributed by atoms with E-state index in [9.17, 15) is 0 Å². The molecule has 1 aromatic rings. The molecule has 1 unspecified atom stereocenters. The minimum Gasteiger partial charge on any atom is -0.496 e. The topological polar surface area (TPSA) is 56.5 Å². The third kappa shape index (κ3) is 3.44. The van der Waals surface area contributed by atoms with Gasteiger partial charge < -0.3 is 9.47 Å². The monoisotopic (exact) mass is 300 g/mol. The van der Waals surface area contributed by atoms with Gasteiger partial charge in [0.15, 0.2) is 0 Å². The maximum absolute atomic E-state index is 6.12. The number of halogens is 1. The number of benzene rings is 1. The molecular formula is C15H25ClN2O2. The summed E-state index contributed by atoms with van der Waals surface area (Å²) in [6.45, 7) is 6.81. The Labute approximate surface area is 126 Å². The first-order chi connectivity index (χ1) is 9.58. The largest absolute Gasteiger partial charge is 0.496 e. The van der Waals surface area contributed by atoms with Crippen molar-refractivity contribution < 1.29 is 9.47 Å². The second-order valence-corrected chi connectivity index (χ2v) is 5.13. The first-order valence-corrected chi connectivity index (χ1v) is 7.39. The van der Waals surface area contributed by atoms with Gasteiger partial charge in [0.2, 0.25) is 0 Å². The number of hydrogen-bond donors (Lipinski definition) is 2. The Morgan fingerprint density at radius 2 is 1.95 bits per heavy atom. The molecular weight excluding hydrogens is 276 g/mol. The van der Waals surface area contributed by atoms with Crippen LogP contribution in [0.3, 0.4) is 0 Å². The highest BCUT2D eigenvalue weighted by Crippen LogP contribution is 2.39. The quantitative estimate of drug-likeness (QED) is 0.570. The number of ether oxygens (including phenoxy) is 2. The van der Waals surface area contributed by atoms with Crippen molar-refractivity contribution in [2.24, 2.45) is 5.84 Å². The molecule has 0 amide bonds. The molecule has 1 atom stereocenters. The molecule has 114 valence electrons. The van der Waals surface area contributed by atoms with Crippen molar-refractivity contribution >= 4 is 11.6 Å². The lowest BCUT2D eigenvalue weighted by Crippen LogP contribution is -2.48. The third-order valence-electron chi connectivity index (χ3n) is 3.82. The molecule has 0 bridgehead atoms. The van der Waals surface area contributed by atoms with E-state index in [-0.39, 0.29) is 11.6 Å². The molecule has 4 nitrogen and oxygen atoms in total. The molecule has 0 saturated carbocycles. The first kappa shape index (κ1) is 17.2. The highest BCUT2D eigenvalue weighted by atomic mass is 35.5. The van der Waals surface area contributed by atoms with Crippen LogP contribution < -0.4 is 16.0 Å². The maximum Gasteiger partial charge on any atom is 0.123 e. The fraction of sp³-hybridized carbons (Fsp3) is 0.600. The van der Waals surface area contributed by atoms with Crippen molar-refractivity contribution in [3.05, 3.63) is 28.8 Å². The molecule has 0 radical (unpaired) electrons. The predicted octanol–water partition coefficient (Wildman–Crippen LogP) is 3.45. The molecule has 0 heterocycles. The lowest BCUT2D eigenvalue weighted by molar-refractivity contribution is -0.0737. The van der Waals surface area contributed by atoms with Crippen LogP contribution in [0, 0.1) is 0 Å². The van der Waals surface area contributed by atoms with Gasteiger partial charge in [-0.15, -0.1) is 0 Å². The van der Waals surface area contributed by atoms with Crippen LogP contribution in [0.15, 0.2) is 18.2 Å². The van der Waals surface area contributed by atoms with Gasteiger partial charge in [-0.3, -0.25) is 5.84 Å². The van der Waals surface area contributed by atoms with E-state index in [1.807, 2.05) is 19.1 Å². The average Bonchev–Trinajstić information content (AvgIpc) is 2.47. The number of nitrogens with one attached hydrogen (secondary N) is 1. The van der Waals surface area contributed by atoms with E-state index in [0.29, 0.717) is 11.6 Å². The molecule has 3 N–H and O–H groups in total. The SMILES string of the molecule is CCOC(CC)(CC)C(NN)c1cc(Cl)ccc1OC. The van der Waals surface area contributed by atoms with E-state index in [0.717, 1.165) is 24.2 Å². The van der Waals surface area contributed by atoms with Crippen LogP contribution in [0.4, 0.5) is 0 Å². The Bertz CT molecular complexity index is 422. The summed E-state index contributed by atoms with van der Waals surface area (Å²) in [6, 6.07) is 5.34. The number of rotatable bonds is 8. The minimum atomic E-state index is -0.387. The summed E-state index contributed by atoms with van der Waals surface area (Å²) in [5, 5.41) is 0.652. The predicted molar refractivity (Wildman–Crippen MR) is 83.0 cm³/mol. The van der Waals surface area contributed by atoms with E-state index < -0.39 is 0 Å². The van der Waals surface area contributed by atoms with Crippen LogP contribution in [-0.2, 0) is 4.74 Å². The van der Waals surface area contributed by atoms with Gasteiger partial charge in [-0.05, 0) is 38.0 Å². The van der Waals surface area contributed by atoms with Gasteiger partial charge >= 0.3 is 0 Å². The van der Waals surface area contributed by atoms with E-state index in [4.69, 9.17) is 26.9 Å². The average molecular weight is 301 g/mol. The summed E-state index contributed by atoms with van der Waals surface area (Å²) in [6.07, 6.45) is 1.67. The van der Waals surface area contributed by atoms with Gasteiger partial charge in [-0.2, -0.15) is 0 Å². The van der Waals surface area contributed by atoms with Crippen molar-refractivity contribution in [2.45, 2.75) is 45.3 Å². The minimum absolute atomic E-state index is 0.189. The second kappa shape index (κ2) is 7.84. The zero-order chi connectivity index (χ0) is 15.2. The smallest absolute Gasteiger partial charge is 0.123 e. The molecule has 5 heteroatoms. The van der Waals surface area contributed by atoms with Gasteiger partial charge in [0, 0.05) is 17.2 Å². The fourth-order valence-electron chi connectivity index (χ4n) is 2.69. The van der Waals surface area contributed by atoms with Crippen LogP contribution in [0.1, 0.15) is 45.2 Å². The lowest BCUT2D eigenvalue weighted by Gasteiger charge is -2.39. The molecule has 0 aromatic heterocycles. The van der Waals surface area contributed by atoms with Gasteiger partial charge in [0.05, 0.1) is 18.8 Å². The van der Waals surface area contributed by atoms with Crippen LogP contribution in [0.5, 0.6) is 5.75 Å². The molecule has 0 aliphatic rings. The van der Waals surface area contributed by atoms with Crippen molar-refractivity contribution in [1.82, 2.24) is 5.43 Å². The Kier molecular flexibility index (Phi) is 6.76. The third-order valence-corrected chi connectivity index (χ3v) is 4.06. The molecule has 0 aliphatic carbocycles. The van der Waals surface area contributed by atoms with Crippen molar-refractivity contribution in [2.75, 3.05) is 13.7 Å². The van der Waals surface area contributed by atoms with E-state index >= 15 is 0 Å². The zero-order valence-electron chi connectivity index (χ0n) is 12.7. The molecule has 0 saturated heterocycles. The van der Waals surface area contributed by atoms with E-state index in [2.05, 4.69) is 19.3 Å². The summed E-state index contributed by atoms with van der Waals surface area (Å²) < 4.78 is 11.5. The summed E-state index contributed by atoms with van der Waals surface area (Å²) in [4.78, 5) is 0. The summed E-state index contributed by atoms with van der Waals surface area (Å²) in [7, 11) is 1.64. The van der Waals surface area contributed by atoms with Gasteiger partial charge in [-0.1, -0.05) is 25.4 Å². The number of hydrazine groups is 1. The number of nitrogens with two attached hydrogens (primary N) is 1. The standard InChI is InChI=1S/C15H25ClN2O2/c1-5-15(6-2,20-7-3)14(18-17)12-10-11(16)8-9-13(12)19-4/h8-10,14,18H,5-7,17H2,1-4H3. The van der Waals surface area contributed by atoms with Crippen LogP contribution in [0.2, 0.25) is 5.02 Å². The normalized spacial score (nSPS) is 13.3. The second-order valence-electron chi connectivity index (χ2n) is 4.69. The van der Waals surface area contributed by atoms with Crippen molar-refractivity contribution in [3.8, 4) is 5.75 Å². The first-order valence-electron chi connectivity index (χ1n) is 7.02. The maximum atomic E-state index is 6.12. The van der Waals surface area contributed by atoms with Crippen molar-refractivity contribution in [1.29, 1.82) is 0 Å². The highest BCUT2D eigenvalue weighted by molar-refractivity contribution is 6.30.